The molecule has 0 fully saturated rings. The van der Waals surface area contributed by atoms with Crippen LogP contribution in [0.15, 0.2) is 36.5 Å². The van der Waals surface area contributed by atoms with E-state index in [9.17, 15) is 9.59 Å². The molecule has 1 amide bonds. The molecule has 1 N–H and O–H groups in total. The Morgan fingerprint density at radius 1 is 1.30 bits per heavy atom. The number of hydrogen-bond acceptors (Lipinski definition) is 5. The number of hydrogen-bond donors (Lipinski definition) is 1. The van der Waals surface area contributed by atoms with Gasteiger partial charge < -0.3 is 14.8 Å². The van der Waals surface area contributed by atoms with Gasteiger partial charge in [0.1, 0.15) is 11.3 Å². The molecule has 0 bridgehead atoms. The van der Waals surface area contributed by atoms with E-state index in [1.165, 1.54) is 0 Å². The van der Waals surface area contributed by atoms with E-state index in [2.05, 4.69) is 10.3 Å². The molecule has 1 aliphatic rings. The van der Waals surface area contributed by atoms with Crippen LogP contribution in [0, 0.1) is 0 Å². The number of nitrogens with zero attached hydrogens (tertiary/aromatic N) is 1. The van der Waals surface area contributed by atoms with E-state index in [0.29, 0.717) is 25.2 Å². The number of anilines is 1. The number of rotatable bonds is 4. The minimum absolute atomic E-state index is 0.000962. The summed E-state index contributed by atoms with van der Waals surface area (Å²) in [5.74, 6) is 0.154. The van der Waals surface area contributed by atoms with Crippen molar-refractivity contribution in [2.75, 3.05) is 11.9 Å². The highest BCUT2D eigenvalue weighted by molar-refractivity contribution is 5.95. The van der Waals surface area contributed by atoms with Crippen molar-refractivity contribution in [1.29, 1.82) is 0 Å². The lowest BCUT2D eigenvalue weighted by Crippen LogP contribution is -2.19. The minimum Gasteiger partial charge on any atom is -0.477 e. The maximum Gasteiger partial charge on any atom is 0.349 e. The molecule has 0 spiro atoms. The fraction of sp³-hybridized carbons (Fsp3) is 0.235. The van der Waals surface area contributed by atoms with Gasteiger partial charge in [-0.1, -0.05) is 0 Å². The van der Waals surface area contributed by atoms with Gasteiger partial charge in [-0.25, -0.2) is 9.78 Å². The van der Waals surface area contributed by atoms with Gasteiger partial charge in [-0.2, -0.15) is 0 Å². The Balaban J connectivity index is 1.80. The Morgan fingerprint density at radius 3 is 3.00 bits per heavy atom. The van der Waals surface area contributed by atoms with Crippen molar-refractivity contribution in [2.45, 2.75) is 19.8 Å². The first kappa shape index (κ1) is 15.0. The standard InChI is InChI=1S/C17H16N2O4/c1-2-22-16-13(4-3-9-18-16)17(21)23-12-6-7-14-11(10-12)5-8-15(20)19-14/h3-4,6-7,9-10H,2,5,8H2,1H3,(H,19,20). The van der Waals surface area contributed by atoms with Crippen LogP contribution in [0.3, 0.4) is 0 Å². The summed E-state index contributed by atoms with van der Waals surface area (Å²) in [6.07, 6.45) is 2.62. The molecule has 1 aromatic carbocycles. The number of carbonyl (C=O) groups excluding carboxylic acids is 2. The zero-order chi connectivity index (χ0) is 16.2. The fourth-order valence-corrected chi connectivity index (χ4v) is 2.38. The van der Waals surface area contributed by atoms with Crippen LogP contribution in [-0.2, 0) is 11.2 Å². The third kappa shape index (κ3) is 3.31. The van der Waals surface area contributed by atoms with Gasteiger partial charge in [0.05, 0.1) is 6.61 Å². The number of amides is 1. The molecule has 118 valence electrons. The van der Waals surface area contributed by atoms with E-state index < -0.39 is 5.97 Å². The predicted molar refractivity (Wildman–Crippen MR) is 83.8 cm³/mol. The van der Waals surface area contributed by atoms with Crippen LogP contribution in [0.2, 0.25) is 0 Å². The Kier molecular flexibility index (Phi) is 4.23. The van der Waals surface area contributed by atoms with Crippen LogP contribution in [-0.4, -0.2) is 23.5 Å². The normalized spacial score (nSPS) is 13.0. The molecule has 0 aliphatic carbocycles. The molecule has 2 aromatic rings. The molecular weight excluding hydrogens is 296 g/mol. The minimum atomic E-state index is -0.527. The molecule has 6 heteroatoms. The monoisotopic (exact) mass is 312 g/mol. The molecule has 6 nitrogen and oxygen atoms in total. The van der Waals surface area contributed by atoms with Crippen LogP contribution < -0.4 is 14.8 Å². The summed E-state index contributed by atoms with van der Waals surface area (Å²) in [6, 6.07) is 8.42. The zero-order valence-corrected chi connectivity index (χ0v) is 12.7. The van der Waals surface area contributed by atoms with Crippen LogP contribution in [0.1, 0.15) is 29.3 Å². The summed E-state index contributed by atoms with van der Waals surface area (Å²) in [4.78, 5) is 27.7. The molecule has 0 saturated carbocycles. The SMILES string of the molecule is CCOc1ncccc1C(=O)Oc1ccc2c(c1)CCC(=O)N2. The van der Waals surface area contributed by atoms with Crippen molar-refractivity contribution in [3.05, 3.63) is 47.7 Å². The summed E-state index contributed by atoms with van der Waals surface area (Å²) in [5.41, 5.74) is 1.99. The van der Waals surface area contributed by atoms with Gasteiger partial charge in [-0.05, 0) is 49.2 Å². The van der Waals surface area contributed by atoms with E-state index in [1.807, 2.05) is 6.92 Å². The van der Waals surface area contributed by atoms with E-state index in [1.54, 1.807) is 36.5 Å². The van der Waals surface area contributed by atoms with Gasteiger partial charge in [-0.3, -0.25) is 4.79 Å². The van der Waals surface area contributed by atoms with E-state index >= 15 is 0 Å². The van der Waals surface area contributed by atoms with Crippen LogP contribution in [0.5, 0.6) is 11.6 Å². The predicted octanol–water partition coefficient (Wildman–Crippen LogP) is 2.58. The van der Waals surface area contributed by atoms with Crippen molar-refractivity contribution in [3.63, 3.8) is 0 Å². The van der Waals surface area contributed by atoms with E-state index in [0.717, 1.165) is 11.3 Å². The highest BCUT2D eigenvalue weighted by atomic mass is 16.5. The first-order chi connectivity index (χ1) is 11.2. The summed E-state index contributed by atoms with van der Waals surface area (Å²) in [6.45, 7) is 2.23. The topological polar surface area (TPSA) is 77.5 Å². The number of aryl methyl sites for hydroxylation is 1. The van der Waals surface area contributed by atoms with Gasteiger partial charge in [0, 0.05) is 18.3 Å². The maximum absolute atomic E-state index is 12.3. The number of esters is 1. The van der Waals surface area contributed by atoms with E-state index in [4.69, 9.17) is 9.47 Å². The molecular formula is C17H16N2O4. The molecule has 0 atom stereocenters. The van der Waals surface area contributed by atoms with Crippen molar-refractivity contribution < 1.29 is 19.1 Å². The average Bonchev–Trinajstić information content (AvgIpc) is 2.56. The smallest absolute Gasteiger partial charge is 0.349 e. The second-order valence-corrected chi connectivity index (χ2v) is 5.05. The number of ether oxygens (including phenoxy) is 2. The fourth-order valence-electron chi connectivity index (χ4n) is 2.38. The molecule has 1 aromatic heterocycles. The molecule has 0 unspecified atom stereocenters. The Hall–Kier alpha value is -2.89. The lowest BCUT2D eigenvalue weighted by molar-refractivity contribution is -0.116. The lowest BCUT2D eigenvalue weighted by Gasteiger charge is -2.17. The molecule has 2 heterocycles. The van der Waals surface area contributed by atoms with Gasteiger partial charge in [0.2, 0.25) is 11.8 Å². The van der Waals surface area contributed by atoms with Crippen molar-refractivity contribution in [1.82, 2.24) is 4.98 Å². The summed E-state index contributed by atoms with van der Waals surface area (Å²) >= 11 is 0. The highest BCUT2D eigenvalue weighted by Crippen LogP contribution is 2.27. The third-order valence-corrected chi connectivity index (χ3v) is 3.45. The summed E-state index contributed by atoms with van der Waals surface area (Å²) in [5, 5.41) is 2.79. The van der Waals surface area contributed by atoms with Crippen molar-refractivity contribution in [3.8, 4) is 11.6 Å². The lowest BCUT2D eigenvalue weighted by atomic mass is 10.0. The van der Waals surface area contributed by atoms with Gasteiger partial charge in [0.15, 0.2) is 0 Å². The van der Waals surface area contributed by atoms with Crippen LogP contribution >= 0.6 is 0 Å². The first-order valence-electron chi connectivity index (χ1n) is 7.40. The summed E-state index contributed by atoms with van der Waals surface area (Å²) < 4.78 is 10.7. The number of nitrogens with one attached hydrogen (secondary N) is 1. The third-order valence-electron chi connectivity index (χ3n) is 3.45. The first-order valence-corrected chi connectivity index (χ1v) is 7.40. The second kappa shape index (κ2) is 6.48. The summed E-state index contributed by atoms with van der Waals surface area (Å²) in [7, 11) is 0. The van der Waals surface area contributed by atoms with Gasteiger partial charge >= 0.3 is 5.97 Å². The van der Waals surface area contributed by atoms with Gasteiger partial charge in [-0.15, -0.1) is 0 Å². The Bertz CT molecular complexity index is 758. The molecule has 23 heavy (non-hydrogen) atoms. The largest absolute Gasteiger partial charge is 0.477 e. The second-order valence-electron chi connectivity index (χ2n) is 5.05. The maximum atomic E-state index is 12.3. The number of pyridine rings is 1. The number of aromatic nitrogens is 1. The Labute approximate surface area is 133 Å². The van der Waals surface area contributed by atoms with Crippen LogP contribution in [0.25, 0.3) is 0 Å². The molecule has 3 rings (SSSR count). The average molecular weight is 312 g/mol. The van der Waals surface area contributed by atoms with Gasteiger partial charge in [0.25, 0.3) is 0 Å². The quantitative estimate of drug-likeness (QED) is 0.693. The molecule has 0 saturated heterocycles. The van der Waals surface area contributed by atoms with E-state index in [-0.39, 0.29) is 17.4 Å². The highest BCUT2D eigenvalue weighted by Gasteiger charge is 2.18. The zero-order valence-electron chi connectivity index (χ0n) is 12.7. The Morgan fingerprint density at radius 2 is 2.17 bits per heavy atom. The number of carbonyl (C=O) groups is 2. The number of benzene rings is 1. The van der Waals surface area contributed by atoms with Crippen molar-refractivity contribution in [2.24, 2.45) is 0 Å². The molecule has 1 aliphatic heterocycles. The number of fused-ring (bicyclic) bond motifs is 1. The molecule has 0 radical (unpaired) electrons. The van der Waals surface area contributed by atoms with Crippen molar-refractivity contribution >= 4 is 17.6 Å². The van der Waals surface area contributed by atoms with Crippen LogP contribution in [0.4, 0.5) is 5.69 Å².